The molecule has 0 saturated carbocycles. The van der Waals surface area contributed by atoms with E-state index in [0.29, 0.717) is 24.3 Å². The van der Waals surface area contributed by atoms with Crippen LogP contribution in [0.3, 0.4) is 0 Å². The normalized spacial score (nSPS) is 10.3. The van der Waals surface area contributed by atoms with Crippen molar-refractivity contribution in [2.45, 2.75) is 13.0 Å². The predicted molar refractivity (Wildman–Crippen MR) is 113 cm³/mol. The number of nitrogens with zero attached hydrogens (tertiary/aromatic N) is 1. The van der Waals surface area contributed by atoms with Crippen molar-refractivity contribution in [1.29, 1.82) is 0 Å². The lowest BCUT2D eigenvalue weighted by Gasteiger charge is -2.12. The summed E-state index contributed by atoms with van der Waals surface area (Å²) in [6.45, 7) is -0.0762. The third kappa shape index (κ3) is 6.14. The van der Waals surface area contributed by atoms with Crippen molar-refractivity contribution in [2.75, 3.05) is 6.61 Å². The molecule has 1 heterocycles. The highest BCUT2D eigenvalue weighted by molar-refractivity contribution is 7.09. The highest BCUT2D eigenvalue weighted by atomic mass is 32.1. The molecule has 2 N–H and O–H groups in total. The molecule has 2 aromatic carbocycles. The zero-order valence-electron chi connectivity index (χ0n) is 15.9. The number of hydrogen-bond acceptors (Lipinski definition) is 6. The van der Waals surface area contributed by atoms with Gasteiger partial charge in [-0.25, -0.2) is 4.79 Å². The summed E-state index contributed by atoms with van der Waals surface area (Å²) in [6, 6.07) is 16.7. The summed E-state index contributed by atoms with van der Waals surface area (Å²) in [5.74, 6) is -0.277. The molecule has 9 heteroatoms. The molecule has 1 aromatic heterocycles. The van der Waals surface area contributed by atoms with Crippen LogP contribution in [0.25, 0.3) is 0 Å². The summed E-state index contributed by atoms with van der Waals surface area (Å²) >= 11 is 1.50. The number of nitro groups is 1. The average Bonchev–Trinajstić information content (AvgIpc) is 3.25. The van der Waals surface area contributed by atoms with Crippen LogP contribution in [0.2, 0.25) is 0 Å². The monoisotopic (exact) mass is 425 g/mol. The second-order valence-corrected chi connectivity index (χ2v) is 7.34. The molecular weight excluding hydrogens is 406 g/mol. The van der Waals surface area contributed by atoms with Gasteiger partial charge in [0.15, 0.2) is 6.61 Å². The van der Waals surface area contributed by atoms with Crippen LogP contribution < -0.4 is 15.4 Å². The number of carbonyl (C=O) groups is 2. The van der Waals surface area contributed by atoms with Gasteiger partial charge in [-0.15, -0.1) is 11.3 Å². The number of rotatable bonds is 8. The Bertz CT molecular complexity index is 1020. The lowest BCUT2D eigenvalue weighted by atomic mass is 10.0. The fraction of sp³-hybridized carbons (Fsp3) is 0.143. The number of urea groups is 1. The standard InChI is InChI=1S/C21H19N3O5S/c25-20(23-21(26)22-13-18-7-4-10-30-18)14-29-19-9-8-17(24(27)28)12-16(19)11-15-5-2-1-3-6-15/h1-10,12H,11,13-14H2,(H2,22,23,25,26). The van der Waals surface area contributed by atoms with E-state index in [4.69, 9.17) is 4.74 Å². The molecule has 30 heavy (non-hydrogen) atoms. The maximum atomic E-state index is 12.0. The van der Waals surface area contributed by atoms with Gasteiger partial charge in [-0.2, -0.15) is 0 Å². The van der Waals surface area contributed by atoms with E-state index >= 15 is 0 Å². The number of benzene rings is 2. The fourth-order valence-corrected chi connectivity index (χ4v) is 3.35. The van der Waals surface area contributed by atoms with E-state index in [-0.39, 0.29) is 5.69 Å². The summed E-state index contributed by atoms with van der Waals surface area (Å²) in [5.41, 5.74) is 1.45. The van der Waals surface area contributed by atoms with Gasteiger partial charge in [-0.1, -0.05) is 36.4 Å². The molecule has 0 spiro atoms. The first-order valence-corrected chi connectivity index (χ1v) is 9.93. The van der Waals surface area contributed by atoms with E-state index in [1.165, 1.54) is 29.5 Å². The number of ether oxygens (including phenoxy) is 1. The molecule has 3 rings (SSSR count). The Kier molecular flexibility index (Phi) is 7.12. The van der Waals surface area contributed by atoms with Crippen molar-refractivity contribution in [3.05, 3.63) is 92.2 Å². The van der Waals surface area contributed by atoms with Gasteiger partial charge in [-0.3, -0.25) is 20.2 Å². The molecule has 0 fully saturated rings. The smallest absolute Gasteiger partial charge is 0.321 e. The Morgan fingerprint density at radius 1 is 1.07 bits per heavy atom. The largest absolute Gasteiger partial charge is 0.483 e. The van der Waals surface area contributed by atoms with Gasteiger partial charge in [0.2, 0.25) is 0 Å². The molecule has 8 nitrogen and oxygen atoms in total. The molecule has 154 valence electrons. The lowest BCUT2D eigenvalue weighted by Crippen LogP contribution is -2.41. The van der Waals surface area contributed by atoms with Gasteiger partial charge in [0.25, 0.3) is 11.6 Å². The molecule has 0 aliphatic rings. The summed E-state index contributed by atoms with van der Waals surface area (Å²) < 4.78 is 5.54. The minimum atomic E-state index is -0.623. The number of hydrogen-bond donors (Lipinski definition) is 2. The number of imide groups is 1. The van der Waals surface area contributed by atoms with Crippen molar-refractivity contribution < 1.29 is 19.2 Å². The number of non-ortho nitro benzene ring substituents is 1. The first kappa shape index (κ1) is 21.0. The minimum Gasteiger partial charge on any atom is -0.483 e. The topological polar surface area (TPSA) is 111 Å². The molecular formula is C21H19N3O5S. The van der Waals surface area contributed by atoms with E-state index in [9.17, 15) is 19.7 Å². The summed E-state index contributed by atoms with van der Waals surface area (Å²) in [6.07, 6.45) is 0.404. The zero-order valence-corrected chi connectivity index (χ0v) is 16.7. The van der Waals surface area contributed by atoms with Gasteiger partial charge < -0.3 is 10.1 Å². The Labute approximate surface area is 176 Å². The van der Waals surface area contributed by atoms with E-state index < -0.39 is 23.5 Å². The maximum Gasteiger partial charge on any atom is 0.321 e. The van der Waals surface area contributed by atoms with E-state index in [2.05, 4.69) is 10.6 Å². The number of carbonyl (C=O) groups excluding carboxylic acids is 2. The summed E-state index contributed by atoms with van der Waals surface area (Å²) in [5, 5.41) is 17.8. The number of nitrogens with one attached hydrogen (secondary N) is 2. The van der Waals surface area contributed by atoms with Gasteiger partial charge in [0.05, 0.1) is 11.5 Å². The van der Waals surface area contributed by atoms with Crippen LogP contribution in [0.4, 0.5) is 10.5 Å². The Balaban J connectivity index is 1.59. The Hall–Kier alpha value is -3.72. The Morgan fingerprint density at radius 3 is 2.57 bits per heavy atom. The van der Waals surface area contributed by atoms with E-state index in [1.807, 2.05) is 47.8 Å². The lowest BCUT2D eigenvalue weighted by molar-refractivity contribution is -0.384. The Morgan fingerprint density at radius 2 is 1.87 bits per heavy atom. The van der Waals surface area contributed by atoms with Crippen molar-refractivity contribution in [3.8, 4) is 5.75 Å². The van der Waals surface area contributed by atoms with Crippen LogP contribution >= 0.6 is 11.3 Å². The van der Waals surface area contributed by atoms with Gasteiger partial charge in [-0.05, 0) is 23.1 Å². The van der Waals surface area contributed by atoms with Crippen LogP contribution in [-0.2, 0) is 17.8 Å². The van der Waals surface area contributed by atoms with Crippen LogP contribution in [0.15, 0.2) is 66.0 Å². The third-order valence-electron chi connectivity index (χ3n) is 4.11. The molecule has 0 unspecified atom stereocenters. The number of amides is 3. The SMILES string of the molecule is O=C(COc1ccc([N+](=O)[O-])cc1Cc1ccccc1)NC(=O)NCc1cccs1. The second-order valence-electron chi connectivity index (χ2n) is 6.31. The van der Waals surface area contributed by atoms with Gasteiger partial charge in [0, 0.05) is 29.0 Å². The van der Waals surface area contributed by atoms with E-state index in [0.717, 1.165) is 10.4 Å². The molecule has 0 bridgehead atoms. The van der Waals surface area contributed by atoms with Gasteiger partial charge >= 0.3 is 6.03 Å². The predicted octanol–water partition coefficient (Wildman–Crippen LogP) is 3.65. The van der Waals surface area contributed by atoms with Crippen molar-refractivity contribution in [2.24, 2.45) is 0 Å². The first-order chi connectivity index (χ1) is 14.5. The zero-order chi connectivity index (χ0) is 21.3. The highest BCUT2D eigenvalue weighted by Crippen LogP contribution is 2.26. The maximum absolute atomic E-state index is 12.0. The molecule has 0 atom stereocenters. The molecule has 3 aromatic rings. The highest BCUT2D eigenvalue weighted by Gasteiger charge is 2.14. The third-order valence-corrected chi connectivity index (χ3v) is 4.98. The number of thiophene rings is 1. The van der Waals surface area contributed by atoms with Crippen molar-refractivity contribution in [1.82, 2.24) is 10.6 Å². The van der Waals surface area contributed by atoms with Crippen LogP contribution in [0, 0.1) is 10.1 Å². The quantitative estimate of drug-likeness (QED) is 0.423. The minimum absolute atomic E-state index is 0.0642. The van der Waals surface area contributed by atoms with Crippen LogP contribution in [0.5, 0.6) is 5.75 Å². The van der Waals surface area contributed by atoms with Gasteiger partial charge in [0.1, 0.15) is 5.75 Å². The number of nitro benzene ring substituents is 1. The van der Waals surface area contributed by atoms with Crippen molar-refractivity contribution >= 4 is 29.0 Å². The molecule has 0 radical (unpaired) electrons. The molecule has 3 amide bonds. The molecule has 0 aliphatic heterocycles. The summed E-state index contributed by atoms with van der Waals surface area (Å²) in [7, 11) is 0. The molecule has 0 aliphatic carbocycles. The molecule has 0 saturated heterocycles. The summed E-state index contributed by atoms with van der Waals surface area (Å²) in [4.78, 5) is 35.4. The first-order valence-electron chi connectivity index (χ1n) is 9.05. The average molecular weight is 425 g/mol. The van der Waals surface area contributed by atoms with Crippen LogP contribution in [0.1, 0.15) is 16.0 Å². The van der Waals surface area contributed by atoms with Crippen LogP contribution in [-0.4, -0.2) is 23.5 Å². The van der Waals surface area contributed by atoms with E-state index in [1.54, 1.807) is 0 Å². The fourth-order valence-electron chi connectivity index (χ4n) is 2.70. The second kappa shape index (κ2) is 10.2. The van der Waals surface area contributed by atoms with Crippen molar-refractivity contribution in [3.63, 3.8) is 0 Å².